The van der Waals surface area contributed by atoms with Gasteiger partial charge in [-0.05, 0) is 36.3 Å². The molecule has 1 aliphatic rings. The lowest BCUT2D eigenvalue weighted by Crippen LogP contribution is -2.44. The number of thiophene rings is 1. The van der Waals surface area contributed by atoms with Crippen molar-refractivity contribution < 1.29 is 4.79 Å². The maximum absolute atomic E-state index is 12.2. The first-order chi connectivity index (χ1) is 11.7. The summed E-state index contributed by atoms with van der Waals surface area (Å²) in [4.78, 5) is 13.6. The van der Waals surface area contributed by atoms with E-state index in [0.717, 1.165) is 13.1 Å². The Morgan fingerprint density at radius 1 is 1.38 bits per heavy atom. The van der Waals surface area contributed by atoms with Crippen LogP contribution in [-0.2, 0) is 12.0 Å². The van der Waals surface area contributed by atoms with E-state index in [1.807, 2.05) is 28.3 Å². The molecule has 2 N–H and O–H groups in total. The summed E-state index contributed by atoms with van der Waals surface area (Å²) in [5.74, 6) is 0.341. The molecule has 0 spiro atoms. The Hall–Kier alpha value is -1.82. The molecule has 0 bridgehead atoms. The average molecular weight is 347 g/mol. The zero-order chi connectivity index (χ0) is 16.8. The molecule has 1 saturated carbocycles. The minimum atomic E-state index is -0.0647. The first kappa shape index (κ1) is 17.0. The Balaban J connectivity index is 1.44. The highest BCUT2D eigenvalue weighted by molar-refractivity contribution is 7.10. The van der Waals surface area contributed by atoms with Crippen LogP contribution in [0.4, 0.5) is 4.79 Å². The number of rotatable bonds is 7. The van der Waals surface area contributed by atoms with Crippen LogP contribution in [0, 0.1) is 5.92 Å². The molecule has 2 aromatic rings. The zero-order valence-corrected chi connectivity index (χ0v) is 15.0. The summed E-state index contributed by atoms with van der Waals surface area (Å²) in [6.45, 7) is 4.31. The summed E-state index contributed by atoms with van der Waals surface area (Å²) in [5.41, 5.74) is 0.145. The summed E-state index contributed by atoms with van der Waals surface area (Å²) in [6, 6.07) is 6.17. The molecular weight excluding hydrogens is 320 g/mol. The fourth-order valence-electron chi connectivity index (χ4n) is 3.51. The molecule has 3 rings (SSSR count). The molecule has 1 aliphatic carbocycles. The predicted molar refractivity (Wildman–Crippen MR) is 97.3 cm³/mol. The van der Waals surface area contributed by atoms with E-state index in [1.54, 1.807) is 6.20 Å². The van der Waals surface area contributed by atoms with Crippen molar-refractivity contribution in [3.8, 4) is 0 Å². The van der Waals surface area contributed by atoms with Gasteiger partial charge in [0.25, 0.3) is 0 Å². The zero-order valence-electron chi connectivity index (χ0n) is 14.2. The van der Waals surface area contributed by atoms with E-state index in [0.29, 0.717) is 12.5 Å². The molecule has 0 unspecified atom stereocenters. The second kappa shape index (κ2) is 7.83. The second-order valence-corrected chi connectivity index (χ2v) is 7.81. The molecule has 5 nitrogen and oxygen atoms in total. The lowest BCUT2D eigenvalue weighted by molar-refractivity contribution is 0.235. The van der Waals surface area contributed by atoms with Crippen LogP contribution < -0.4 is 10.6 Å². The Morgan fingerprint density at radius 3 is 2.88 bits per heavy atom. The molecule has 130 valence electrons. The van der Waals surface area contributed by atoms with Crippen LogP contribution in [0.2, 0.25) is 0 Å². The van der Waals surface area contributed by atoms with Gasteiger partial charge in [-0.15, -0.1) is 11.3 Å². The lowest BCUT2D eigenvalue weighted by Gasteiger charge is -2.28. The number of hydrogen-bond acceptors (Lipinski definition) is 3. The number of aromatic nitrogens is 2. The summed E-state index contributed by atoms with van der Waals surface area (Å²) < 4.78 is 1.90. The summed E-state index contributed by atoms with van der Waals surface area (Å²) in [7, 11) is 0. The van der Waals surface area contributed by atoms with Crippen molar-refractivity contribution in [1.29, 1.82) is 0 Å². The quantitative estimate of drug-likeness (QED) is 0.807. The van der Waals surface area contributed by atoms with Crippen LogP contribution in [0.1, 0.15) is 37.5 Å². The van der Waals surface area contributed by atoms with E-state index in [2.05, 4.69) is 40.2 Å². The molecule has 1 atom stereocenters. The van der Waals surface area contributed by atoms with E-state index >= 15 is 0 Å². The number of nitrogens with zero attached hydrogens (tertiary/aromatic N) is 2. The van der Waals surface area contributed by atoms with E-state index in [9.17, 15) is 4.79 Å². The third kappa shape index (κ3) is 4.17. The Kier molecular flexibility index (Phi) is 5.56. The van der Waals surface area contributed by atoms with Gasteiger partial charge in [0.05, 0.1) is 0 Å². The highest BCUT2D eigenvalue weighted by Gasteiger charge is 2.36. The molecule has 24 heavy (non-hydrogen) atoms. The second-order valence-electron chi connectivity index (χ2n) is 6.86. The summed E-state index contributed by atoms with van der Waals surface area (Å²) in [6.07, 6.45) is 8.57. The maximum atomic E-state index is 12.2. The average Bonchev–Trinajstić information content (AvgIpc) is 3.32. The molecule has 2 heterocycles. The van der Waals surface area contributed by atoms with Crippen LogP contribution in [0.15, 0.2) is 36.0 Å². The minimum Gasteiger partial charge on any atom is -0.338 e. The number of carbonyl (C=O) groups is 1. The van der Waals surface area contributed by atoms with E-state index in [-0.39, 0.29) is 11.4 Å². The maximum Gasteiger partial charge on any atom is 0.314 e. The highest BCUT2D eigenvalue weighted by atomic mass is 32.1. The first-order valence-electron chi connectivity index (χ1n) is 8.71. The number of carbonyl (C=O) groups excluding carboxylic acids is 1. The van der Waals surface area contributed by atoms with Crippen molar-refractivity contribution in [1.82, 2.24) is 20.4 Å². The van der Waals surface area contributed by atoms with Gasteiger partial charge in [-0.3, -0.25) is 4.68 Å². The van der Waals surface area contributed by atoms with Crippen LogP contribution >= 0.6 is 11.3 Å². The van der Waals surface area contributed by atoms with Crippen molar-refractivity contribution in [3.05, 3.63) is 40.8 Å². The van der Waals surface area contributed by atoms with E-state index < -0.39 is 0 Å². The molecule has 2 amide bonds. The van der Waals surface area contributed by atoms with E-state index in [4.69, 9.17) is 0 Å². The molecular formula is C18H26N4OS. The number of nitrogens with one attached hydrogen (secondary N) is 2. The Labute approximate surface area is 147 Å². The fourth-order valence-corrected chi connectivity index (χ4v) is 4.50. The van der Waals surface area contributed by atoms with Gasteiger partial charge >= 0.3 is 6.03 Å². The topological polar surface area (TPSA) is 59.0 Å². The normalized spacial score (nSPS) is 17.5. The SMILES string of the molecule is C[C@H](CNC(=O)NCC1(c2cccs2)CCCC1)Cn1cccn1. The highest BCUT2D eigenvalue weighted by Crippen LogP contribution is 2.42. The van der Waals surface area contributed by atoms with Crippen LogP contribution in [0.3, 0.4) is 0 Å². The molecule has 0 saturated heterocycles. The molecule has 1 fully saturated rings. The molecule has 0 aromatic carbocycles. The van der Waals surface area contributed by atoms with Crippen LogP contribution in [0.25, 0.3) is 0 Å². The lowest BCUT2D eigenvalue weighted by atomic mass is 9.84. The monoisotopic (exact) mass is 346 g/mol. The van der Waals surface area contributed by atoms with Gasteiger partial charge in [0.15, 0.2) is 0 Å². The van der Waals surface area contributed by atoms with Gasteiger partial charge in [0.1, 0.15) is 0 Å². The van der Waals surface area contributed by atoms with Crippen molar-refractivity contribution in [3.63, 3.8) is 0 Å². The summed E-state index contributed by atoms with van der Waals surface area (Å²) in [5, 5.41) is 12.4. The molecule has 6 heteroatoms. The predicted octanol–water partition coefficient (Wildman–Crippen LogP) is 3.39. The number of urea groups is 1. The smallest absolute Gasteiger partial charge is 0.314 e. The van der Waals surface area contributed by atoms with Gasteiger partial charge in [-0.25, -0.2) is 4.79 Å². The number of hydrogen-bond donors (Lipinski definition) is 2. The molecule has 2 aromatic heterocycles. The first-order valence-corrected chi connectivity index (χ1v) is 9.59. The fraction of sp³-hybridized carbons (Fsp3) is 0.556. The molecule has 0 radical (unpaired) electrons. The van der Waals surface area contributed by atoms with Crippen LogP contribution in [0.5, 0.6) is 0 Å². The van der Waals surface area contributed by atoms with Crippen LogP contribution in [-0.4, -0.2) is 28.9 Å². The minimum absolute atomic E-state index is 0.0647. The van der Waals surface area contributed by atoms with Gasteiger partial charge in [-0.1, -0.05) is 25.8 Å². The van der Waals surface area contributed by atoms with Gasteiger partial charge in [0, 0.05) is 42.3 Å². The van der Waals surface area contributed by atoms with Gasteiger partial charge < -0.3 is 10.6 Å². The third-order valence-corrected chi connectivity index (χ3v) is 5.98. The Morgan fingerprint density at radius 2 is 2.21 bits per heavy atom. The Bertz CT molecular complexity index is 618. The van der Waals surface area contributed by atoms with Crippen molar-refractivity contribution in [2.24, 2.45) is 5.92 Å². The van der Waals surface area contributed by atoms with Gasteiger partial charge in [0.2, 0.25) is 0 Å². The number of amides is 2. The third-order valence-electron chi connectivity index (χ3n) is 4.86. The van der Waals surface area contributed by atoms with Crippen molar-refractivity contribution >= 4 is 17.4 Å². The summed E-state index contributed by atoms with van der Waals surface area (Å²) >= 11 is 1.81. The standard InChI is InChI=1S/C18H26N4OS/c1-15(13-22-10-5-9-21-22)12-19-17(23)20-14-18(7-2-3-8-18)16-6-4-11-24-16/h4-6,9-11,15H,2-3,7-8,12-14H2,1H3,(H2,19,20,23)/t15-/m1/s1. The largest absolute Gasteiger partial charge is 0.338 e. The molecule has 0 aliphatic heterocycles. The van der Waals surface area contributed by atoms with Crippen molar-refractivity contribution in [2.75, 3.05) is 13.1 Å². The van der Waals surface area contributed by atoms with Gasteiger partial charge in [-0.2, -0.15) is 5.10 Å². The van der Waals surface area contributed by atoms with E-state index in [1.165, 1.54) is 30.6 Å². The van der Waals surface area contributed by atoms with Crippen molar-refractivity contribution in [2.45, 2.75) is 44.6 Å².